The van der Waals surface area contributed by atoms with Gasteiger partial charge in [-0.25, -0.2) is 0 Å². The minimum Gasteiger partial charge on any atom is -0.379 e. The Kier molecular flexibility index (Phi) is 3.82. The van der Waals surface area contributed by atoms with Crippen molar-refractivity contribution < 1.29 is 9.32 Å². The van der Waals surface area contributed by atoms with Crippen molar-refractivity contribution in [1.82, 2.24) is 10.1 Å². The zero-order chi connectivity index (χ0) is 15.4. The van der Waals surface area contributed by atoms with Crippen LogP contribution in [0.3, 0.4) is 0 Å². The van der Waals surface area contributed by atoms with Gasteiger partial charge in [0.1, 0.15) is 5.69 Å². The summed E-state index contributed by atoms with van der Waals surface area (Å²) in [6.45, 7) is 0.417. The van der Waals surface area contributed by atoms with E-state index in [-0.39, 0.29) is 0 Å². The van der Waals surface area contributed by atoms with E-state index in [4.69, 9.17) is 10.3 Å². The number of anilines is 1. The van der Waals surface area contributed by atoms with Crippen molar-refractivity contribution in [2.45, 2.75) is 6.54 Å². The van der Waals surface area contributed by atoms with E-state index in [1.54, 1.807) is 12.3 Å². The second-order valence-corrected chi connectivity index (χ2v) is 4.69. The van der Waals surface area contributed by atoms with Crippen LogP contribution in [0.5, 0.6) is 0 Å². The highest BCUT2D eigenvalue weighted by molar-refractivity contribution is 5.98. The molecule has 3 rings (SSSR count). The first-order valence-electron chi connectivity index (χ1n) is 6.73. The predicted octanol–water partition coefficient (Wildman–Crippen LogP) is 2.45. The van der Waals surface area contributed by atoms with Gasteiger partial charge < -0.3 is 15.6 Å². The maximum absolute atomic E-state index is 11.3. The van der Waals surface area contributed by atoms with Gasteiger partial charge in [0.2, 0.25) is 0 Å². The number of rotatable bonds is 5. The second-order valence-electron chi connectivity index (χ2n) is 4.69. The lowest BCUT2D eigenvalue weighted by Crippen LogP contribution is -2.14. The van der Waals surface area contributed by atoms with Crippen molar-refractivity contribution in [3.05, 3.63) is 66.1 Å². The number of nitrogens with zero attached hydrogens (tertiary/aromatic N) is 2. The van der Waals surface area contributed by atoms with Crippen LogP contribution in [0.1, 0.15) is 16.1 Å². The molecule has 0 aliphatic heterocycles. The van der Waals surface area contributed by atoms with Gasteiger partial charge in [-0.15, -0.1) is 0 Å². The number of aromatic nitrogens is 2. The monoisotopic (exact) mass is 294 g/mol. The largest absolute Gasteiger partial charge is 0.379 e. The van der Waals surface area contributed by atoms with E-state index in [9.17, 15) is 4.79 Å². The molecule has 0 aliphatic carbocycles. The van der Waals surface area contributed by atoms with Gasteiger partial charge >= 0.3 is 0 Å². The SMILES string of the molecule is NC(=O)c1cnccc1NCc1cc(-c2ccccc2)on1. The molecule has 0 aliphatic rings. The van der Waals surface area contributed by atoms with Gasteiger partial charge in [-0.3, -0.25) is 9.78 Å². The average Bonchev–Trinajstić information content (AvgIpc) is 3.03. The molecule has 0 bridgehead atoms. The van der Waals surface area contributed by atoms with Crippen molar-refractivity contribution in [1.29, 1.82) is 0 Å². The first-order chi connectivity index (χ1) is 10.7. The van der Waals surface area contributed by atoms with Crippen LogP contribution in [-0.2, 0) is 6.54 Å². The van der Waals surface area contributed by atoms with Gasteiger partial charge in [-0.2, -0.15) is 0 Å². The van der Waals surface area contributed by atoms with Gasteiger partial charge in [-0.1, -0.05) is 35.5 Å². The third-order valence-electron chi connectivity index (χ3n) is 3.16. The lowest BCUT2D eigenvalue weighted by Gasteiger charge is -2.07. The van der Waals surface area contributed by atoms with E-state index in [0.29, 0.717) is 23.6 Å². The number of carbonyl (C=O) groups excluding carboxylic acids is 1. The third-order valence-corrected chi connectivity index (χ3v) is 3.16. The Bertz CT molecular complexity index is 784. The maximum atomic E-state index is 11.3. The summed E-state index contributed by atoms with van der Waals surface area (Å²) in [6, 6.07) is 13.3. The Morgan fingerprint density at radius 2 is 2.05 bits per heavy atom. The predicted molar refractivity (Wildman–Crippen MR) is 82.0 cm³/mol. The van der Waals surface area contributed by atoms with Crippen LogP contribution in [0, 0.1) is 0 Å². The number of nitrogens with two attached hydrogens (primary N) is 1. The van der Waals surface area contributed by atoms with E-state index >= 15 is 0 Å². The molecular weight excluding hydrogens is 280 g/mol. The molecule has 0 saturated heterocycles. The Balaban J connectivity index is 1.73. The molecule has 2 heterocycles. The lowest BCUT2D eigenvalue weighted by atomic mass is 10.1. The fourth-order valence-corrected chi connectivity index (χ4v) is 2.06. The molecule has 3 N–H and O–H groups in total. The summed E-state index contributed by atoms with van der Waals surface area (Å²) in [5, 5.41) is 7.13. The number of carbonyl (C=O) groups is 1. The highest BCUT2D eigenvalue weighted by Gasteiger charge is 2.10. The summed E-state index contributed by atoms with van der Waals surface area (Å²) in [5.74, 6) is 0.169. The van der Waals surface area contributed by atoms with Gasteiger partial charge in [0.05, 0.1) is 17.8 Å². The van der Waals surface area contributed by atoms with Crippen molar-refractivity contribution in [2.75, 3.05) is 5.32 Å². The molecular formula is C16H14N4O2. The molecule has 6 nitrogen and oxygen atoms in total. The lowest BCUT2D eigenvalue weighted by molar-refractivity contribution is 0.100. The number of benzene rings is 1. The first-order valence-corrected chi connectivity index (χ1v) is 6.73. The van der Waals surface area contributed by atoms with Gasteiger partial charge in [0.25, 0.3) is 5.91 Å². The summed E-state index contributed by atoms with van der Waals surface area (Å²) in [7, 11) is 0. The number of amides is 1. The first kappa shape index (κ1) is 13.8. The maximum Gasteiger partial charge on any atom is 0.252 e. The quantitative estimate of drug-likeness (QED) is 0.753. The average molecular weight is 294 g/mol. The van der Waals surface area contributed by atoms with Gasteiger partial charge in [-0.05, 0) is 6.07 Å². The van der Waals surface area contributed by atoms with Crippen LogP contribution in [-0.4, -0.2) is 16.0 Å². The highest BCUT2D eigenvalue weighted by Crippen LogP contribution is 2.20. The van der Waals surface area contributed by atoms with Gasteiger partial charge in [0, 0.05) is 24.0 Å². The van der Waals surface area contributed by atoms with Crippen LogP contribution in [0.15, 0.2) is 59.4 Å². The van der Waals surface area contributed by atoms with E-state index in [2.05, 4.69) is 15.5 Å². The Labute approximate surface area is 127 Å². The Morgan fingerprint density at radius 3 is 2.82 bits per heavy atom. The molecule has 0 spiro atoms. The summed E-state index contributed by atoms with van der Waals surface area (Å²) in [6.07, 6.45) is 3.02. The minimum absolute atomic E-state index is 0.342. The van der Waals surface area contributed by atoms with Gasteiger partial charge in [0.15, 0.2) is 5.76 Å². The Morgan fingerprint density at radius 1 is 1.23 bits per heavy atom. The van der Waals surface area contributed by atoms with Crippen LogP contribution >= 0.6 is 0 Å². The minimum atomic E-state index is -0.527. The number of pyridine rings is 1. The molecule has 0 radical (unpaired) electrons. The fraction of sp³-hybridized carbons (Fsp3) is 0.0625. The molecule has 110 valence electrons. The zero-order valence-electron chi connectivity index (χ0n) is 11.7. The second kappa shape index (κ2) is 6.09. The summed E-state index contributed by atoms with van der Waals surface area (Å²) < 4.78 is 5.32. The zero-order valence-corrected chi connectivity index (χ0v) is 11.7. The van der Waals surface area contributed by atoms with Crippen LogP contribution in [0.2, 0.25) is 0 Å². The van der Waals surface area contributed by atoms with E-state index in [1.165, 1.54) is 6.20 Å². The standard InChI is InChI=1S/C16H14N4O2/c17-16(21)13-10-18-7-6-14(13)19-9-12-8-15(22-20-12)11-4-2-1-3-5-11/h1-8,10H,9H2,(H2,17,21)(H,18,19). The molecule has 6 heteroatoms. The summed E-state index contributed by atoms with van der Waals surface area (Å²) in [5.41, 5.74) is 7.96. The normalized spacial score (nSPS) is 10.4. The molecule has 0 atom stereocenters. The molecule has 2 aromatic heterocycles. The number of hydrogen-bond donors (Lipinski definition) is 2. The van der Waals surface area contributed by atoms with Crippen molar-refractivity contribution in [3.8, 4) is 11.3 Å². The molecule has 1 aromatic carbocycles. The van der Waals surface area contributed by atoms with Crippen LogP contribution < -0.4 is 11.1 Å². The highest BCUT2D eigenvalue weighted by atomic mass is 16.5. The fourth-order valence-electron chi connectivity index (χ4n) is 2.06. The van der Waals surface area contributed by atoms with Crippen molar-refractivity contribution in [2.24, 2.45) is 5.73 Å². The number of primary amides is 1. The smallest absolute Gasteiger partial charge is 0.252 e. The van der Waals surface area contributed by atoms with Crippen molar-refractivity contribution in [3.63, 3.8) is 0 Å². The molecule has 22 heavy (non-hydrogen) atoms. The van der Waals surface area contributed by atoms with E-state index in [0.717, 1.165) is 11.3 Å². The van der Waals surface area contributed by atoms with Crippen LogP contribution in [0.25, 0.3) is 11.3 Å². The van der Waals surface area contributed by atoms with Crippen molar-refractivity contribution >= 4 is 11.6 Å². The topological polar surface area (TPSA) is 94.0 Å². The number of hydrogen-bond acceptors (Lipinski definition) is 5. The summed E-state index contributed by atoms with van der Waals surface area (Å²) in [4.78, 5) is 15.2. The molecule has 0 unspecified atom stereocenters. The molecule has 1 amide bonds. The molecule has 0 fully saturated rings. The molecule has 3 aromatic rings. The van der Waals surface area contributed by atoms with Crippen LogP contribution in [0.4, 0.5) is 5.69 Å². The van der Waals surface area contributed by atoms with E-state index < -0.39 is 5.91 Å². The van der Waals surface area contributed by atoms with E-state index in [1.807, 2.05) is 36.4 Å². The molecule has 0 saturated carbocycles. The Hall–Kier alpha value is -3.15. The number of nitrogens with one attached hydrogen (secondary N) is 1. The third kappa shape index (κ3) is 2.95. The summed E-state index contributed by atoms with van der Waals surface area (Å²) >= 11 is 0.